The predicted molar refractivity (Wildman–Crippen MR) is 97.6 cm³/mol. The third kappa shape index (κ3) is 3.83. The molecular weight excluding hydrogens is 330 g/mol. The molecule has 132 valence electrons. The van der Waals surface area contributed by atoms with E-state index < -0.39 is 0 Å². The van der Waals surface area contributed by atoms with Crippen LogP contribution in [0.1, 0.15) is 18.9 Å². The van der Waals surface area contributed by atoms with Crippen molar-refractivity contribution >= 4 is 23.2 Å². The van der Waals surface area contributed by atoms with Crippen LogP contribution in [0.25, 0.3) is 0 Å². The lowest BCUT2D eigenvalue weighted by Gasteiger charge is -2.11. The first-order chi connectivity index (χ1) is 12.6. The Morgan fingerprint density at radius 1 is 1.04 bits per heavy atom. The molecular formula is C20H19N3O3. The molecule has 1 saturated carbocycles. The standard InChI is InChI=1S/C20H19N3O3/c1-2-26-18-10-6-5-9-17(18)23-20(25)15-11-14(15)19(24)22-16-8-4-3-7-13(16)12-21/h3-10,14-15H,2,11H2,1H3,(H,22,24)(H,23,25). The second kappa shape index (κ2) is 7.70. The summed E-state index contributed by atoms with van der Waals surface area (Å²) in [6.07, 6.45) is 0.489. The Morgan fingerprint density at radius 3 is 2.27 bits per heavy atom. The normalized spacial score (nSPS) is 17.7. The van der Waals surface area contributed by atoms with Crippen molar-refractivity contribution in [3.63, 3.8) is 0 Å². The highest BCUT2D eigenvalue weighted by Gasteiger charge is 2.48. The van der Waals surface area contributed by atoms with Crippen molar-refractivity contribution in [3.05, 3.63) is 54.1 Å². The van der Waals surface area contributed by atoms with Crippen molar-refractivity contribution in [2.45, 2.75) is 13.3 Å². The van der Waals surface area contributed by atoms with E-state index in [1.165, 1.54) is 0 Å². The van der Waals surface area contributed by atoms with E-state index in [2.05, 4.69) is 10.6 Å². The molecule has 2 unspecified atom stereocenters. The van der Waals surface area contributed by atoms with E-state index >= 15 is 0 Å². The maximum absolute atomic E-state index is 12.4. The van der Waals surface area contributed by atoms with Crippen molar-refractivity contribution in [3.8, 4) is 11.8 Å². The molecule has 1 fully saturated rings. The number of amides is 2. The van der Waals surface area contributed by atoms with Crippen LogP contribution in [0.2, 0.25) is 0 Å². The van der Waals surface area contributed by atoms with Crippen LogP contribution in [0.3, 0.4) is 0 Å². The van der Waals surface area contributed by atoms with Crippen LogP contribution < -0.4 is 15.4 Å². The van der Waals surface area contributed by atoms with E-state index in [4.69, 9.17) is 10.00 Å². The van der Waals surface area contributed by atoms with Gasteiger partial charge in [-0.05, 0) is 37.6 Å². The number of carbonyl (C=O) groups excluding carboxylic acids is 2. The van der Waals surface area contributed by atoms with E-state index in [0.29, 0.717) is 35.7 Å². The number of nitriles is 1. The van der Waals surface area contributed by atoms with Crippen LogP contribution in [0.5, 0.6) is 5.75 Å². The number of nitrogens with one attached hydrogen (secondary N) is 2. The predicted octanol–water partition coefficient (Wildman–Crippen LogP) is 3.17. The lowest BCUT2D eigenvalue weighted by Crippen LogP contribution is -2.21. The van der Waals surface area contributed by atoms with Gasteiger partial charge in [0, 0.05) is 0 Å². The van der Waals surface area contributed by atoms with Crippen LogP contribution in [-0.2, 0) is 9.59 Å². The van der Waals surface area contributed by atoms with Crippen LogP contribution >= 0.6 is 0 Å². The number of carbonyl (C=O) groups is 2. The number of para-hydroxylation sites is 3. The number of nitrogens with zero attached hydrogens (tertiary/aromatic N) is 1. The van der Waals surface area contributed by atoms with Crippen LogP contribution in [-0.4, -0.2) is 18.4 Å². The minimum absolute atomic E-state index is 0.203. The summed E-state index contributed by atoms with van der Waals surface area (Å²) < 4.78 is 5.49. The summed E-state index contributed by atoms with van der Waals surface area (Å²) in [6, 6.07) is 16.0. The molecule has 3 rings (SSSR count). The van der Waals surface area contributed by atoms with Crippen LogP contribution in [0.4, 0.5) is 11.4 Å². The highest BCUT2D eigenvalue weighted by Crippen LogP contribution is 2.41. The molecule has 1 aliphatic rings. The molecule has 0 spiro atoms. The molecule has 1 aliphatic carbocycles. The summed E-state index contributed by atoms with van der Waals surface area (Å²) in [5.41, 5.74) is 1.46. The van der Waals surface area contributed by atoms with Gasteiger partial charge in [-0.25, -0.2) is 0 Å². The molecule has 0 aromatic heterocycles. The van der Waals surface area contributed by atoms with Gasteiger partial charge in [0.25, 0.3) is 0 Å². The topological polar surface area (TPSA) is 91.2 Å². The SMILES string of the molecule is CCOc1ccccc1NC(=O)C1CC1C(=O)Nc1ccccc1C#N. The fourth-order valence-corrected chi connectivity index (χ4v) is 2.77. The van der Waals surface area contributed by atoms with Gasteiger partial charge in [-0.1, -0.05) is 24.3 Å². The molecule has 2 aromatic carbocycles. The third-order valence-corrected chi connectivity index (χ3v) is 4.21. The number of rotatable bonds is 6. The van der Waals surface area contributed by atoms with Gasteiger partial charge in [0.15, 0.2) is 0 Å². The highest BCUT2D eigenvalue weighted by atomic mass is 16.5. The first-order valence-electron chi connectivity index (χ1n) is 8.46. The fourth-order valence-electron chi connectivity index (χ4n) is 2.77. The fraction of sp³-hybridized carbons (Fsp3) is 0.250. The molecule has 0 heterocycles. The molecule has 2 atom stereocenters. The van der Waals surface area contributed by atoms with E-state index in [1.807, 2.05) is 25.1 Å². The van der Waals surface area contributed by atoms with Crippen molar-refractivity contribution < 1.29 is 14.3 Å². The van der Waals surface area contributed by atoms with Crippen LogP contribution in [0.15, 0.2) is 48.5 Å². The van der Waals surface area contributed by atoms with Gasteiger partial charge >= 0.3 is 0 Å². The zero-order chi connectivity index (χ0) is 18.5. The Morgan fingerprint density at radius 2 is 1.62 bits per heavy atom. The summed E-state index contributed by atoms with van der Waals surface area (Å²) in [4.78, 5) is 24.8. The minimum Gasteiger partial charge on any atom is -0.492 e. The molecule has 2 amide bonds. The molecule has 6 nitrogen and oxygen atoms in total. The summed E-state index contributed by atoms with van der Waals surface area (Å²) in [6.45, 7) is 2.37. The molecule has 6 heteroatoms. The summed E-state index contributed by atoms with van der Waals surface area (Å²) >= 11 is 0. The third-order valence-electron chi connectivity index (χ3n) is 4.21. The van der Waals surface area contributed by atoms with Crippen molar-refractivity contribution in [2.75, 3.05) is 17.2 Å². The Balaban J connectivity index is 1.61. The Bertz CT molecular complexity index is 873. The summed E-state index contributed by atoms with van der Waals surface area (Å²) in [7, 11) is 0. The monoisotopic (exact) mass is 349 g/mol. The zero-order valence-electron chi connectivity index (χ0n) is 14.4. The Labute approximate surface area is 151 Å². The van der Waals surface area contributed by atoms with Crippen LogP contribution in [0, 0.1) is 23.2 Å². The molecule has 2 N–H and O–H groups in total. The zero-order valence-corrected chi connectivity index (χ0v) is 14.4. The summed E-state index contributed by atoms with van der Waals surface area (Å²) in [5, 5.41) is 14.7. The maximum Gasteiger partial charge on any atom is 0.228 e. The lowest BCUT2D eigenvalue weighted by molar-refractivity contribution is -0.122. The van der Waals surface area contributed by atoms with E-state index in [1.54, 1.807) is 36.4 Å². The van der Waals surface area contributed by atoms with E-state index in [9.17, 15) is 9.59 Å². The average molecular weight is 349 g/mol. The first-order valence-corrected chi connectivity index (χ1v) is 8.46. The number of ether oxygens (including phenoxy) is 1. The summed E-state index contributed by atoms with van der Waals surface area (Å²) in [5.74, 6) is -0.607. The lowest BCUT2D eigenvalue weighted by atomic mass is 10.2. The number of anilines is 2. The van der Waals surface area contributed by atoms with Gasteiger partial charge in [-0.3, -0.25) is 9.59 Å². The van der Waals surface area contributed by atoms with Gasteiger partial charge in [0.05, 0.1) is 35.4 Å². The smallest absolute Gasteiger partial charge is 0.228 e. The van der Waals surface area contributed by atoms with Gasteiger partial charge in [0.1, 0.15) is 11.8 Å². The number of hydrogen-bond donors (Lipinski definition) is 2. The molecule has 0 saturated heterocycles. The minimum atomic E-state index is -0.388. The second-order valence-electron chi connectivity index (χ2n) is 6.01. The number of benzene rings is 2. The van der Waals surface area contributed by atoms with Crippen molar-refractivity contribution in [1.29, 1.82) is 5.26 Å². The highest BCUT2D eigenvalue weighted by molar-refractivity contribution is 6.04. The largest absolute Gasteiger partial charge is 0.492 e. The van der Waals surface area contributed by atoms with Gasteiger partial charge < -0.3 is 15.4 Å². The molecule has 2 aromatic rings. The molecule has 0 radical (unpaired) electrons. The maximum atomic E-state index is 12.4. The molecule has 0 aliphatic heterocycles. The quantitative estimate of drug-likeness (QED) is 0.838. The van der Waals surface area contributed by atoms with E-state index in [-0.39, 0.29) is 23.7 Å². The first kappa shape index (κ1) is 17.5. The van der Waals surface area contributed by atoms with Gasteiger partial charge in [-0.15, -0.1) is 0 Å². The van der Waals surface area contributed by atoms with Gasteiger partial charge in [0.2, 0.25) is 11.8 Å². The number of hydrogen-bond acceptors (Lipinski definition) is 4. The molecule has 0 bridgehead atoms. The average Bonchev–Trinajstić information content (AvgIpc) is 3.45. The van der Waals surface area contributed by atoms with Gasteiger partial charge in [-0.2, -0.15) is 5.26 Å². The Hall–Kier alpha value is -3.33. The molecule has 26 heavy (non-hydrogen) atoms. The van der Waals surface area contributed by atoms with Crippen molar-refractivity contribution in [2.24, 2.45) is 11.8 Å². The van der Waals surface area contributed by atoms with Crippen molar-refractivity contribution in [1.82, 2.24) is 0 Å². The second-order valence-corrected chi connectivity index (χ2v) is 6.01. The Kier molecular flexibility index (Phi) is 5.18. The van der Waals surface area contributed by atoms with E-state index in [0.717, 1.165) is 0 Å².